The van der Waals surface area contributed by atoms with Crippen LogP contribution in [0, 0.1) is 11.3 Å². The van der Waals surface area contributed by atoms with Gasteiger partial charge in [0.2, 0.25) is 0 Å². The quantitative estimate of drug-likeness (QED) is 0.791. The first-order chi connectivity index (χ1) is 8.78. The number of amides is 1. The highest BCUT2D eigenvalue weighted by atomic mass is 19.3. The summed E-state index contributed by atoms with van der Waals surface area (Å²) in [5.74, 6) is -6.63. The lowest BCUT2D eigenvalue weighted by Crippen LogP contribution is -2.45. The zero-order chi connectivity index (χ0) is 14.6. The van der Waals surface area contributed by atoms with E-state index in [9.17, 15) is 22.4 Å². The molecule has 1 amide bonds. The van der Waals surface area contributed by atoms with Crippen LogP contribution >= 0.6 is 0 Å². The van der Waals surface area contributed by atoms with Gasteiger partial charge in [-0.05, 0) is 17.7 Å². The van der Waals surface area contributed by atoms with Crippen LogP contribution in [0.5, 0.6) is 0 Å². The van der Waals surface area contributed by atoms with Crippen LogP contribution in [0.4, 0.5) is 17.6 Å². The molecule has 0 aliphatic heterocycles. The van der Waals surface area contributed by atoms with Gasteiger partial charge in [-0.2, -0.15) is 14.0 Å². The lowest BCUT2D eigenvalue weighted by molar-refractivity contribution is -0.179. The molecule has 7 heteroatoms. The van der Waals surface area contributed by atoms with Gasteiger partial charge in [-0.25, -0.2) is 8.78 Å². The number of hydrogen-bond donors (Lipinski definition) is 0. The van der Waals surface area contributed by atoms with Crippen molar-refractivity contribution >= 4 is 5.91 Å². The van der Waals surface area contributed by atoms with Crippen molar-refractivity contribution in [3.63, 3.8) is 0 Å². The minimum atomic E-state index is -4.69. The summed E-state index contributed by atoms with van der Waals surface area (Å²) in [6.07, 6.45) is -4.04. The van der Waals surface area contributed by atoms with E-state index in [-0.39, 0.29) is 6.54 Å². The molecule has 3 nitrogen and oxygen atoms in total. The molecule has 0 aromatic heterocycles. The second-order valence-corrected chi connectivity index (χ2v) is 3.89. The summed E-state index contributed by atoms with van der Waals surface area (Å²) >= 11 is 0. The fraction of sp³-hybridized carbons (Fsp3) is 0.333. The molecule has 0 radical (unpaired) electrons. The van der Waals surface area contributed by atoms with E-state index in [4.69, 9.17) is 5.26 Å². The number of rotatable bonds is 4. The van der Waals surface area contributed by atoms with Gasteiger partial charge >= 0.3 is 12.3 Å². The van der Waals surface area contributed by atoms with Crippen LogP contribution < -0.4 is 0 Å². The fourth-order valence-corrected chi connectivity index (χ4v) is 1.38. The van der Waals surface area contributed by atoms with E-state index < -0.39 is 18.3 Å². The van der Waals surface area contributed by atoms with Crippen LogP contribution in [0.15, 0.2) is 24.3 Å². The summed E-state index contributed by atoms with van der Waals surface area (Å²) in [6, 6.07) is 7.68. The Morgan fingerprint density at radius 3 is 2.32 bits per heavy atom. The highest BCUT2D eigenvalue weighted by Crippen LogP contribution is 2.25. The van der Waals surface area contributed by atoms with Gasteiger partial charge in [-0.3, -0.25) is 4.79 Å². The number of halogens is 4. The van der Waals surface area contributed by atoms with E-state index in [2.05, 4.69) is 0 Å². The van der Waals surface area contributed by atoms with E-state index in [0.29, 0.717) is 16.0 Å². The van der Waals surface area contributed by atoms with Crippen molar-refractivity contribution in [2.24, 2.45) is 0 Å². The van der Waals surface area contributed by atoms with Crippen LogP contribution in [0.1, 0.15) is 11.1 Å². The predicted molar refractivity (Wildman–Crippen MR) is 58.6 cm³/mol. The Kier molecular flexibility index (Phi) is 4.48. The zero-order valence-electron chi connectivity index (χ0n) is 9.91. The topological polar surface area (TPSA) is 44.1 Å². The van der Waals surface area contributed by atoms with Crippen molar-refractivity contribution in [3.05, 3.63) is 35.4 Å². The Bertz CT molecular complexity index is 493. The summed E-state index contributed by atoms with van der Waals surface area (Å²) in [6.45, 7) is -0.243. The van der Waals surface area contributed by atoms with E-state index in [1.807, 2.05) is 6.07 Å². The lowest BCUT2D eigenvalue weighted by atomic mass is 10.1. The first-order valence-corrected chi connectivity index (χ1v) is 5.19. The molecular weight excluding hydrogens is 264 g/mol. The van der Waals surface area contributed by atoms with Crippen molar-refractivity contribution in [3.8, 4) is 6.07 Å². The number of carbonyl (C=O) groups is 1. The van der Waals surface area contributed by atoms with Gasteiger partial charge in [-0.15, -0.1) is 0 Å². The van der Waals surface area contributed by atoms with E-state index >= 15 is 0 Å². The molecule has 0 atom stereocenters. The molecule has 0 bridgehead atoms. The molecule has 19 heavy (non-hydrogen) atoms. The summed E-state index contributed by atoms with van der Waals surface area (Å²) in [5.41, 5.74) is 0.829. The van der Waals surface area contributed by atoms with Gasteiger partial charge in [0.15, 0.2) is 0 Å². The van der Waals surface area contributed by atoms with Crippen molar-refractivity contribution in [2.75, 3.05) is 7.05 Å². The van der Waals surface area contributed by atoms with Crippen LogP contribution in [-0.4, -0.2) is 30.2 Å². The minimum absolute atomic E-state index is 0.243. The number of nitrogens with zero attached hydrogens (tertiary/aromatic N) is 2. The second-order valence-electron chi connectivity index (χ2n) is 3.89. The Hall–Kier alpha value is -2.10. The molecule has 0 spiro atoms. The molecule has 1 aromatic carbocycles. The van der Waals surface area contributed by atoms with Crippen LogP contribution in [-0.2, 0) is 11.3 Å². The van der Waals surface area contributed by atoms with E-state index in [1.54, 1.807) is 0 Å². The Morgan fingerprint density at radius 1 is 1.37 bits per heavy atom. The summed E-state index contributed by atoms with van der Waals surface area (Å²) in [4.78, 5) is 11.7. The Balaban J connectivity index is 2.77. The van der Waals surface area contributed by atoms with Crippen LogP contribution in [0.25, 0.3) is 0 Å². The molecule has 0 fully saturated rings. The average Bonchev–Trinajstić information content (AvgIpc) is 2.38. The number of carbonyl (C=O) groups excluding carboxylic acids is 1. The fourth-order valence-electron chi connectivity index (χ4n) is 1.38. The smallest absolute Gasteiger partial charge is 0.336 e. The average molecular weight is 274 g/mol. The summed E-state index contributed by atoms with van der Waals surface area (Å²) in [5, 5.41) is 8.57. The van der Waals surface area contributed by atoms with E-state index in [0.717, 1.165) is 7.05 Å². The predicted octanol–water partition coefficient (Wildman–Crippen LogP) is 2.42. The number of hydrogen-bond acceptors (Lipinski definition) is 2. The molecule has 1 rings (SSSR count). The second kappa shape index (κ2) is 5.69. The standard InChI is InChI=1S/C12H10F4N2O/c1-18(11(19)12(15,16)10(13)14)7-9-4-2-8(6-17)3-5-9/h2-5,10H,7H2,1H3. The Labute approximate surface area is 107 Å². The van der Waals surface area contributed by atoms with Crippen molar-refractivity contribution in [2.45, 2.75) is 18.9 Å². The van der Waals surface area contributed by atoms with Gasteiger partial charge in [0.05, 0.1) is 11.6 Å². The minimum Gasteiger partial charge on any atom is -0.336 e. The van der Waals surface area contributed by atoms with Gasteiger partial charge < -0.3 is 4.90 Å². The van der Waals surface area contributed by atoms with Gasteiger partial charge in [0.1, 0.15) is 0 Å². The SMILES string of the molecule is CN(Cc1ccc(C#N)cc1)C(=O)C(F)(F)C(F)F. The van der Waals surface area contributed by atoms with E-state index in [1.165, 1.54) is 24.3 Å². The molecule has 0 saturated carbocycles. The number of alkyl halides is 4. The molecule has 0 heterocycles. The molecule has 1 aromatic rings. The molecule has 0 unspecified atom stereocenters. The summed E-state index contributed by atoms with van der Waals surface area (Å²) < 4.78 is 49.7. The maximum Gasteiger partial charge on any atom is 0.383 e. The molecule has 0 saturated heterocycles. The molecule has 0 aliphatic rings. The van der Waals surface area contributed by atoms with Crippen LogP contribution in [0.3, 0.4) is 0 Å². The van der Waals surface area contributed by atoms with Crippen LogP contribution in [0.2, 0.25) is 0 Å². The van der Waals surface area contributed by atoms with Crippen molar-refractivity contribution in [1.82, 2.24) is 4.90 Å². The maximum atomic E-state index is 12.8. The third kappa shape index (κ3) is 3.44. The first kappa shape index (κ1) is 15.0. The molecular formula is C12H10F4N2O. The highest BCUT2D eigenvalue weighted by Gasteiger charge is 2.50. The molecule has 0 N–H and O–H groups in total. The third-order valence-corrected chi connectivity index (χ3v) is 2.41. The number of benzene rings is 1. The zero-order valence-corrected chi connectivity index (χ0v) is 9.91. The van der Waals surface area contributed by atoms with Crippen molar-refractivity contribution < 1.29 is 22.4 Å². The first-order valence-electron chi connectivity index (χ1n) is 5.19. The third-order valence-electron chi connectivity index (χ3n) is 2.41. The normalized spacial score (nSPS) is 11.2. The highest BCUT2D eigenvalue weighted by molar-refractivity contribution is 5.83. The maximum absolute atomic E-state index is 12.8. The van der Waals surface area contributed by atoms with Gasteiger partial charge in [0, 0.05) is 13.6 Å². The summed E-state index contributed by atoms with van der Waals surface area (Å²) in [7, 11) is 1.01. The monoisotopic (exact) mass is 274 g/mol. The lowest BCUT2D eigenvalue weighted by Gasteiger charge is -2.22. The Morgan fingerprint density at radius 2 is 1.89 bits per heavy atom. The van der Waals surface area contributed by atoms with Gasteiger partial charge in [0.25, 0.3) is 5.91 Å². The number of nitriles is 1. The van der Waals surface area contributed by atoms with Crippen molar-refractivity contribution in [1.29, 1.82) is 5.26 Å². The molecule has 0 aliphatic carbocycles. The largest absolute Gasteiger partial charge is 0.383 e. The molecule has 102 valence electrons. The van der Waals surface area contributed by atoms with Gasteiger partial charge in [-0.1, -0.05) is 12.1 Å².